The molecule has 2 atom stereocenters. The highest BCUT2D eigenvalue weighted by atomic mass is 35.5. The molecule has 1 fully saturated rings. The number of hydrogen-bond acceptors (Lipinski definition) is 3. The second-order valence-electron chi connectivity index (χ2n) is 5.53. The lowest BCUT2D eigenvalue weighted by Crippen LogP contribution is -2.16. The Bertz CT molecular complexity index is 467. The molecule has 1 heterocycles. The van der Waals surface area contributed by atoms with Gasteiger partial charge in [0, 0.05) is 6.54 Å². The molecule has 1 aromatic heterocycles. The van der Waals surface area contributed by atoms with Crippen molar-refractivity contribution in [1.29, 1.82) is 5.26 Å². The Kier molecular flexibility index (Phi) is 5.04. The molecule has 0 amide bonds. The molecule has 3 nitrogen and oxygen atoms in total. The SMILES string of the molecule is CC1CCCC(CCNc2cc(C#N)cc(Cl)n2)C1. The van der Waals surface area contributed by atoms with E-state index in [4.69, 9.17) is 16.9 Å². The van der Waals surface area contributed by atoms with Crippen molar-refractivity contribution in [3.8, 4) is 6.07 Å². The lowest BCUT2D eigenvalue weighted by atomic mass is 9.81. The van der Waals surface area contributed by atoms with E-state index in [-0.39, 0.29) is 0 Å². The fourth-order valence-corrected chi connectivity index (χ4v) is 3.09. The largest absolute Gasteiger partial charge is 0.370 e. The molecule has 2 unspecified atom stereocenters. The van der Waals surface area contributed by atoms with Crippen LogP contribution in [0.4, 0.5) is 5.82 Å². The van der Waals surface area contributed by atoms with Crippen molar-refractivity contribution in [3.63, 3.8) is 0 Å². The zero-order chi connectivity index (χ0) is 13.7. The number of nitrogens with zero attached hydrogens (tertiary/aromatic N) is 2. The lowest BCUT2D eigenvalue weighted by molar-refractivity contribution is 0.274. The Morgan fingerprint density at radius 3 is 3.05 bits per heavy atom. The summed E-state index contributed by atoms with van der Waals surface area (Å²) < 4.78 is 0. The first-order chi connectivity index (χ1) is 9.17. The van der Waals surface area contributed by atoms with E-state index in [9.17, 15) is 0 Å². The monoisotopic (exact) mass is 277 g/mol. The quantitative estimate of drug-likeness (QED) is 0.838. The van der Waals surface area contributed by atoms with E-state index in [1.54, 1.807) is 12.1 Å². The molecule has 19 heavy (non-hydrogen) atoms. The number of nitriles is 1. The molecule has 0 bridgehead atoms. The van der Waals surface area contributed by atoms with Crippen molar-refractivity contribution < 1.29 is 0 Å². The third-order valence-corrected chi connectivity index (χ3v) is 4.02. The normalized spacial score (nSPS) is 22.8. The average Bonchev–Trinajstić information content (AvgIpc) is 2.38. The molecule has 1 aromatic rings. The van der Waals surface area contributed by atoms with Crippen molar-refractivity contribution in [2.24, 2.45) is 11.8 Å². The lowest BCUT2D eigenvalue weighted by Gasteiger charge is -2.26. The van der Waals surface area contributed by atoms with Gasteiger partial charge in [-0.25, -0.2) is 4.98 Å². The molecule has 1 N–H and O–H groups in total. The summed E-state index contributed by atoms with van der Waals surface area (Å²) in [6.45, 7) is 3.24. The first kappa shape index (κ1) is 14.1. The fourth-order valence-electron chi connectivity index (χ4n) is 2.88. The van der Waals surface area contributed by atoms with Crippen molar-refractivity contribution in [1.82, 2.24) is 4.98 Å². The highest BCUT2D eigenvalue weighted by Crippen LogP contribution is 2.30. The van der Waals surface area contributed by atoms with Crippen molar-refractivity contribution in [3.05, 3.63) is 22.8 Å². The second-order valence-corrected chi connectivity index (χ2v) is 5.92. The van der Waals surface area contributed by atoms with Gasteiger partial charge in [0.2, 0.25) is 0 Å². The standard InChI is InChI=1S/C15H20ClN3/c1-11-3-2-4-12(7-11)5-6-18-15-9-13(10-17)8-14(16)19-15/h8-9,11-12H,2-7H2,1H3,(H,18,19). The molecule has 2 rings (SSSR count). The summed E-state index contributed by atoms with van der Waals surface area (Å²) in [5.74, 6) is 2.40. The summed E-state index contributed by atoms with van der Waals surface area (Å²) >= 11 is 5.87. The average molecular weight is 278 g/mol. The Morgan fingerprint density at radius 2 is 2.32 bits per heavy atom. The van der Waals surface area contributed by atoms with Gasteiger partial charge in [-0.1, -0.05) is 37.8 Å². The Hall–Kier alpha value is -1.27. The molecular formula is C15H20ClN3. The first-order valence-corrected chi connectivity index (χ1v) is 7.36. The minimum absolute atomic E-state index is 0.368. The van der Waals surface area contributed by atoms with Gasteiger partial charge in [0.05, 0.1) is 11.6 Å². The van der Waals surface area contributed by atoms with Crippen LogP contribution < -0.4 is 5.32 Å². The molecule has 0 saturated heterocycles. The molecule has 1 aliphatic rings. The van der Waals surface area contributed by atoms with Gasteiger partial charge < -0.3 is 5.32 Å². The van der Waals surface area contributed by atoms with Crippen LogP contribution in [0.15, 0.2) is 12.1 Å². The highest BCUT2D eigenvalue weighted by molar-refractivity contribution is 6.29. The summed E-state index contributed by atoms with van der Waals surface area (Å²) in [5, 5.41) is 12.5. The zero-order valence-electron chi connectivity index (χ0n) is 11.3. The smallest absolute Gasteiger partial charge is 0.132 e. The van der Waals surface area contributed by atoms with Gasteiger partial charge in [-0.15, -0.1) is 0 Å². The number of halogens is 1. The van der Waals surface area contributed by atoms with Crippen LogP contribution in [-0.2, 0) is 0 Å². The number of aromatic nitrogens is 1. The fraction of sp³-hybridized carbons (Fsp3) is 0.600. The maximum atomic E-state index is 8.88. The van der Waals surface area contributed by atoms with E-state index in [0.29, 0.717) is 16.5 Å². The maximum absolute atomic E-state index is 8.88. The van der Waals surface area contributed by atoms with Crippen molar-refractivity contribution in [2.75, 3.05) is 11.9 Å². The van der Waals surface area contributed by atoms with Crippen molar-refractivity contribution >= 4 is 17.4 Å². The van der Waals surface area contributed by atoms with Crippen LogP contribution in [0.1, 0.15) is 44.6 Å². The van der Waals surface area contributed by atoms with Crippen LogP contribution in [-0.4, -0.2) is 11.5 Å². The minimum atomic E-state index is 0.368. The highest BCUT2D eigenvalue weighted by Gasteiger charge is 2.18. The maximum Gasteiger partial charge on any atom is 0.132 e. The van der Waals surface area contributed by atoms with Gasteiger partial charge in [0.15, 0.2) is 0 Å². The van der Waals surface area contributed by atoms with E-state index >= 15 is 0 Å². The second kappa shape index (κ2) is 6.77. The number of pyridine rings is 1. The van der Waals surface area contributed by atoms with Gasteiger partial charge in [0.1, 0.15) is 11.0 Å². The molecule has 1 aliphatic carbocycles. The van der Waals surface area contributed by atoms with E-state index in [1.165, 1.54) is 32.1 Å². The molecule has 102 valence electrons. The van der Waals surface area contributed by atoms with Crippen LogP contribution in [0.5, 0.6) is 0 Å². The number of nitrogens with one attached hydrogen (secondary N) is 1. The number of hydrogen-bond donors (Lipinski definition) is 1. The van der Waals surface area contributed by atoms with Crippen LogP contribution in [0.3, 0.4) is 0 Å². The number of rotatable bonds is 4. The summed E-state index contributed by atoms with van der Waals surface area (Å²) in [7, 11) is 0. The van der Waals surface area contributed by atoms with Gasteiger partial charge in [-0.05, 0) is 36.8 Å². The minimum Gasteiger partial charge on any atom is -0.370 e. The van der Waals surface area contributed by atoms with Gasteiger partial charge in [0.25, 0.3) is 0 Å². The Labute approximate surface area is 120 Å². The topological polar surface area (TPSA) is 48.7 Å². The van der Waals surface area contributed by atoms with E-state index in [2.05, 4.69) is 23.3 Å². The molecule has 0 aromatic carbocycles. The van der Waals surface area contributed by atoms with Gasteiger partial charge >= 0.3 is 0 Å². The predicted molar refractivity (Wildman–Crippen MR) is 78.2 cm³/mol. The number of anilines is 1. The van der Waals surface area contributed by atoms with E-state index in [0.717, 1.165) is 18.4 Å². The molecule has 0 spiro atoms. The van der Waals surface area contributed by atoms with E-state index < -0.39 is 0 Å². The molecule has 0 aliphatic heterocycles. The molecule has 4 heteroatoms. The summed E-state index contributed by atoms with van der Waals surface area (Å²) in [6, 6.07) is 5.41. The third kappa shape index (κ3) is 4.40. The first-order valence-electron chi connectivity index (χ1n) is 6.99. The Balaban J connectivity index is 1.82. The zero-order valence-corrected chi connectivity index (χ0v) is 12.1. The summed E-state index contributed by atoms with van der Waals surface area (Å²) in [5.41, 5.74) is 0.550. The predicted octanol–water partition coefficient (Wildman–Crippen LogP) is 4.23. The molecular weight excluding hydrogens is 258 g/mol. The van der Waals surface area contributed by atoms with Crippen LogP contribution in [0, 0.1) is 23.2 Å². The molecule has 1 saturated carbocycles. The van der Waals surface area contributed by atoms with Crippen molar-refractivity contribution in [2.45, 2.75) is 39.0 Å². The van der Waals surface area contributed by atoms with Crippen LogP contribution in [0.25, 0.3) is 0 Å². The third-order valence-electron chi connectivity index (χ3n) is 3.83. The van der Waals surface area contributed by atoms with Crippen LogP contribution >= 0.6 is 11.6 Å². The molecule has 0 radical (unpaired) electrons. The summed E-state index contributed by atoms with van der Waals surface area (Å²) in [6.07, 6.45) is 6.60. The van der Waals surface area contributed by atoms with Gasteiger partial charge in [-0.2, -0.15) is 5.26 Å². The van der Waals surface area contributed by atoms with Crippen LogP contribution in [0.2, 0.25) is 5.15 Å². The Morgan fingerprint density at radius 1 is 1.47 bits per heavy atom. The van der Waals surface area contributed by atoms with Gasteiger partial charge in [-0.3, -0.25) is 0 Å². The summed E-state index contributed by atoms with van der Waals surface area (Å²) in [4.78, 5) is 4.18. The van der Waals surface area contributed by atoms with E-state index in [1.807, 2.05) is 0 Å².